The summed E-state index contributed by atoms with van der Waals surface area (Å²) in [6.07, 6.45) is 0. The summed E-state index contributed by atoms with van der Waals surface area (Å²) in [6, 6.07) is 0. The molecule has 22 valence electrons. The first-order valence-corrected chi connectivity index (χ1v) is 0. The predicted molar refractivity (Wildman–Crippen MR) is 12.2 cm³/mol. The third-order valence-corrected chi connectivity index (χ3v) is 0. The molecule has 0 aromatic carbocycles. The minimum atomic E-state index is 0. The Morgan fingerprint density at radius 3 is 1.00 bits per heavy atom. The van der Waals surface area contributed by atoms with Crippen molar-refractivity contribution in [2.45, 2.75) is 0 Å². The molecule has 0 saturated carbocycles. The molecule has 0 aromatic rings. The zero-order chi connectivity index (χ0) is 0. The Bertz CT molecular complexity index is 8.00. The third-order valence-electron chi connectivity index (χ3n) is 0. The minimum absolute atomic E-state index is 0. The molecule has 0 amide bonds. The van der Waals surface area contributed by atoms with Gasteiger partial charge in [0.1, 0.15) is 0 Å². The molecular formula is H4MnOPrSr. The molecule has 0 fully saturated rings. The van der Waals surface area contributed by atoms with E-state index in [-0.39, 0.29) is 109 Å². The molecule has 0 bridgehead atoms. The second-order valence-electron chi connectivity index (χ2n) is 0. The van der Waals surface area contributed by atoms with Gasteiger partial charge in [-0.2, -0.15) is 0 Å². The van der Waals surface area contributed by atoms with E-state index >= 15 is 0 Å². The normalized spacial score (nSPS) is 0. The van der Waals surface area contributed by atoms with E-state index in [2.05, 4.69) is 0 Å². The zero-order valence-corrected chi connectivity index (χ0v) is 6.34. The Hall–Kier alpha value is 3.32. The van der Waals surface area contributed by atoms with Crippen LogP contribution in [0.4, 0.5) is 0 Å². The molecule has 0 aromatic heterocycles. The van der Waals surface area contributed by atoms with E-state index in [1.807, 2.05) is 0 Å². The van der Waals surface area contributed by atoms with E-state index in [0.717, 1.165) is 0 Å². The van der Waals surface area contributed by atoms with Crippen LogP contribution in [0.2, 0.25) is 0 Å². The van der Waals surface area contributed by atoms with Crippen LogP contribution in [0.1, 0.15) is 0 Å². The van der Waals surface area contributed by atoms with Crippen LogP contribution < -0.4 is 0 Å². The third kappa shape index (κ3) is 9.01. The number of hydrogen-bond acceptors (Lipinski definition) is 0. The van der Waals surface area contributed by atoms with Crippen molar-refractivity contribution < 1.29 is 63.8 Å². The molecule has 0 unspecified atom stereocenters. The van der Waals surface area contributed by atoms with E-state index < -0.39 is 0 Å². The van der Waals surface area contributed by atoms with Crippen LogP contribution in [0.15, 0.2) is 0 Å². The fraction of sp³-hybridized carbons (Fsp3) is 0. The molecule has 4 heavy (non-hydrogen) atoms. The predicted octanol–water partition coefficient (Wildman–Crippen LogP) is -1.74. The van der Waals surface area contributed by atoms with E-state index in [9.17, 15) is 0 Å². The molecule has 0 atom stereocenters. The first-order chi connectivity index (χ1) is 0. The Morgan fingerprint density at radius 2 is 1.00 bits per heavy atom. The van der Waals surface area contributed by atoms with Crippen molar-refractivity contribution in [1.29, 1.82) is 0 Å². The van der Waals surface area contributed by atoms with Crippen LogP contribution >= 0.6 is 0 Å². The SMILES string of the molecule is O.[Mn].[Pr].[SrH2]. The fourth-order valence-corrected chi connectivity index (χ4v) is 0. The summed E-state index contributed by atoms with van der Waals surface area (Å²) in [5, 5.41) is 0. The zero-order valence-electron chi connectivity index (χ0n) is 1.46. The molecule has 0 spiro atoms. The number of rotatable bonds is 0. The summed E-state index contributed by atoms with van der Waals surface area (Å²) in [5.41, 5.74) is 0. The first-order valence-electron chi connectivity index (χ1n) is 0. The van der Waals surface area contributed by atoms with Crippen molar-refractivity contribution in [1.82, 2.24) is 0 Å². The second-order valence-corrected chi connectivity index (χ2v) is 0. The molecule has 0 heterocycles. The molecule has 2 N–H and O–H groups in total. The Kier molecular flexibility index (Phi) is 108. The van der Waals surface area contributed by atoms with Crippen LogP contribution in [0.5, 0.6) is 0 Å². The van der Waals surface area contributed by atoms with Crippen molar-refractivity contribution >= 4 is 45.5 Å². The van der Waals surface area contributed by atoms with Gasteiger partial charge < -0.3 is 5.48 Å². The summed E-state index contributed by atoms with van der Waals surface area (Å²) in [5.74, 6) is 0. The quantitative estimate of drug-likeness (QED) is 0.476. The molecule has 0 aliphatic heterocycles. The monoisotopic (exact) mass is 304 g/mol. The summed E-state index contributed by atoms with van der Waals surface area (Å²) in [7, 11) is 0. The van der Waals surface area contributed by atoms with Gasteiger partial charge in [0.15, 0.2) is 0 Å². The second kappa shape index (κ2) is 16.2. The topological polar surface area (TPSA) is 31.5 Å². The van der Waals surface area contributed by atoms with Crippen molar-refractivity contribution in [3.8, 4) is 0 Å². The summed E-state index contributed by atoms with van der Waals surface area (Å²) >= 11 is 0. The van der Waals surface area contributed by atoms with E-state index in [0.29, 0.717) is 0 Å². The molecule has 0 aliphatic carbocycles. The Balaban J connectivity index is 0. The summed E-state index contributed by atoms with van der Waals surface area (Å²) in [6.45, 7) is 0. The molecule has 1 nitrogen and oxygen atoms in total. The van der Waals surface area contributed by atoms with Gasteiger partial charge >= 0.3 is 45.5 Å². The van der Waals surface area contributed by atoms with E-state index in [1.165, 1.54) is 0 Å². The van der Waals surface area contributed by atoms with Crippen molar-refractivity contribution in [2.75, 3.05) is 0 Å². The average Bonchev–Trinajstić information content (AvgIpc) is 0. The molecule has 0 saturated heterocycles. The van der Waals surface area contributed by atoms with Crippen molar-refractivity contribution in [2.24, 2.45) is 0 Å². The van der Waals surface area contributed by atoms with Crippen molar-refractivity contribution in [3.63, 3.8) is 0 Å². The van der Waals surface area contributed by atoms with Gasteiger partial charge in [-0.25, -0.2) is 0 Å². The maximum atomic E-state index is 0. The number of hydrogen-bond donors (Lipinski definition) is 0. The Labute approximate surface area is 106 Å². The van der Waals surface area contributed by atoms with Gasteiger partial charge in [-0.3, -0.25) is 0 Å². The van der Waals surface area contributed by atoms with Gasteiger partial charge in [0, 0.05) is 58.4 Å². The van der Waals surface area contributed by atoms with Gasteiger partial charge in [-0.05, 0) is 0 Å². The van der Waals surface area contributed by atoms with Crippen LogP contribution in [0, 0.1) is 41.3 Å². The van der Waals surface area contributed by atoms with Gasteiger partial charge in [0.2, 0.25) is 0 Å². The fourth-order valence-electron chi connectivity index (χ4n) is 0. The van der Waals surface area contributed by atoms with Gasteiger partial charge in [-0.1, -0.05) is 0 Å². The molecular weight excluding hydrogens is 299 g/mol. The summed E-state index contributed by atoms with van der Waals surface area (Å²) in [4.78, 5) is 0. The molecule has 0 aliphatic rings. The van der Waals surface area contributed by atoms with Crippen LogP contribution in [0.25, 0.3) is 0 Å². The van der Waals surface area contributed by atoms with Gasteiger partial charge in [0.25, 0.3) is 0 Å². The van der Waals surface area contributed by atoms with Gasteiger partial charge in [-0.15, -0.1) is 0 Å². The molecule has 4 heteroatoms. The van der Waals surface area contributed by atoms with Crippen LogP contribution in [-0.2, 0) is 17.1 Å². The first kappa shape index (κ1) is 26.5. The Morgan fingerprint density at radius 1 is 1.00 bits per heavy atom. The average molecular weight is 303 g/mol. The maximum absolute atomic E-state index is 0. The van der Waals surface area contributed by atoms with E-state index in [4.69, 9.17) is 0 Å². The van der Waals surface area contributed by atoms with E-state index in [1.54, 1.807) is 0 Å². The standard InChI is InChI=1S/Mn.H2O.Pr.Sr.2H/h;1H2;;;;. The summed E-state index contributed by atoms with van der Waals surface area (Å²) < 4.78 is 0. The van der Waals surface area contributed by atoms with Crippen molar-refractivity contribution in [3.05, 3.63) is 0 Å². The van der Waals surface area contributed by atoms with Gasteiger partial charge in [0.05, 0.1) is 0 Å². The van der Waals surface area contributed by atoms with Crippen LogP contribution in [0.3, 0.4) is 0 Å². The molecule has 0 rings (SSSR count). The molecule has 2 radical (unpaired) electrons. The van der Waals surface area contributed by atoms with Crippen LogP contribution in [-0.4, -0.2) is 51.0 Å².